The summed E-state index contributed by atoms with van der Waals surface area (Å²) in [6.07, 6.45) is 3.01. The summed E-state index contributed by atoms with van der Waals surface area (Å²) in [7, 11) is 0. The summed E-state index contributed by atoms with van der Waals surface area (Å²) in [6.45, 7) is 3.86. The zero-order valence-electron chi connectivity index (χ0n) is 13.9. The lowest BCUT2D eigenvalue weighted by Gasteiger charge is -2.38. The van der Waals surface area contributed by atoms with Crippen molar-refractivity contribution in [2.24, 2.45) is 5.92 Å². The van der Waals surface area contributed by atoms with Crippen LogP contribution in [0.3, 0.4) is 0 Å². The van der Waals surface area contributed by atoms with Crippen LogP contribution >= 0.6 is 0 Å². The molecular formula is C17H23N5O2. The average molecular weight is 329 g/mol. The molecule has 0 saturated heterocycles. The quantitative estimate of drug-likeness (QED) is 0.745. The molecule has 0 unspecified atom stereocenters. The molecular weight excluding hydrogens is 306 g/mol. The highest BCUT2D eigenvalue weighted by Gasteiger charge is 2.35. The number of aromatic nitrogens is 3. The van der Waals surface area contributed by atoms with Crippen molar-refractivity contribution in [1.82, 2.24) is 15.0 Å². The molecule has 2 heterocycles. The number of aliphatic hydroxyl groups excluding tert-OH is 1. The van der Waals surface area contributed by atoms with Crippen molar-refractivity contribution >= 4 is 11.8 Å². The van der Waals surface area contributed by atoms with Crippen molar-refractivity contribution in [1.29, 1.82) is 0 Å². The molecule has 1 fully saturated rings. The normalized spacial score (nSPS) is 21.2. The van der Waals surface area contributed by atoms with E-state index in [1.54, 1.807) is 12.3 Å². The van der Waals surface area contributed by atoms with Gasteiger partial charge in [0.25, 0.3) is 0 Å². The van der Waals surface area contributed by atoms with E-state index >= 15 is 0 Å². The largest absolute Gasteiger partial charge is 0.475 e. The first kappa shape index (κ1) is 16.4. The summed E-state index contributed by atoms with van der Waals surface area (Å²) in [5, 5.41) is 13.0. The van der Waals surface area contributed by atoms with Gasteiger partial charge in [-0.15, -0.1) is 0 Å². The molecule has 24 heavy (non-hydrogen) atoms. The third-order valence-electron chi connectivity index (χ3n) is 4.01. The van der Waals surface area contributed by atoms with E-state index in [4.69, 9.17) is 10.5 Å². The van der Waals surface area contributed by atoms with Crippen LogP contribution in [0.2, 0.25) is 0 Å². The van der Waals surface area contributed by atoms with Crippen LogP contribution in [0.25, 0.3) is 0 Å². The summed E-state index contributed by atoms with van der Waals surface area (Å²) in [5.74, 6) is 1.48. The SMILES string of the molecule is CC(C)Oc1cc(N[C@H](c2ccccn2)C2CC(O)C2)nc(N)n1. The maximum Gasteiger partial charge on any atom is 0.225 e. The molecule has 2 aromatic heterocycles. The van der Waals surface area contributed by atoms with E-state index in [0.29, 0.717) is 17.6 Å². The first-order valence-electron chi connectivity index (χ1n) is 8.18. The number of pyridine rings is 1. The Morgan fingerprint density at radius 1 is 1.29 bits per heavy atom. The highest BCUT2D eigenvalue weighted by Crippen LogP contribution is 2.39. The predicted octanol–water partition coefficient (Wildman–Crippen LogP) is 2.17. The summed E-state index contributed by atoms with van der Waals surface area (Å²) >= 11 is 0. The van der Waals surface area contributed by atoms with Gasteiger partial charge in [-0.2, -0.15) is 9.97 Å². The summed E-state index contributed by atoms with van der Waals surface area (Å²) in [4.78, 5) is 12.8. The van der Waals surface area contributed by atoms with Crippen molar-refractivity contribution in [3.05, 3.63) is 36.2 Å². The highest BCUT2D eigenvalue weighted by atomic mass is 16.5. The summed E-state index contributed by atoms with van der Waals surface area (Å²) in [5.41, 5.74) is 6.71. The lowest BCUT2D eigenvalue weighted by atomic mass is 9.76. The second-order valence-electron chi connectivity index (χ2n) is 6.38. The average Bonchev–Trinajstić information content (AvgIpc) is 2.49. The van der Waals surface area contributed by atoms with Gasteiger partial charge < -0.3 is 20.9 Å². The van der Waals surface area contributed by atoms with Gasteiger partial charge in [0.1, 0.15) is 5.82 Å². The minimum Gasteiger partial charge on any atom is -0.475 e. The third-order valence-corrected chi connectivity index (χ3v) is 4.01. The van der Waals surface area contributed by atoms with E-state index in [1.165, 1.54) is 0 Å². The Morgan fingerprint density at radius 3 is 2.71 bits per heavy atom. The second kappa shape index (κ2) is 7.00. The predicted molar refractivity (Wildman–Crippen MR) is 91.5 cm³/mol. The van der Waals surface area contributed by atoms with Gasteiger partial charge in [-0.1, -0.05) is 6.07 Å². The van der Waals surface area contributed by atoms with E-state index in [0.717, 1.165) is 18.5 Å². The Balaban J connectivity index is 1.83. The number of anilines is 2. The molecule has 0 bridgehead atoms. The van der Waals surface area contributed by atoms with Crippen LogP contribution in [-0.4, -0.2) is 32.3 Å². The van der Waals surface area contributed by atoms with E-state index in [1.807, 2.05) is 32.0 Å². The monoisotopic (exact) mass is 329 g/mol. The molecule has 3 rings (SSSR count). The highest BCUT2D eigenvalue weighted by molar-refractivity contribution is 5.45. The lowest BCUT2D eigenvalue weighted by molar-refractivity contribution is 0.0333. The molecule has 0 amide bonds. The molecule has 1 aliphatic rings. The van der Waals surface area contributed by atoms with Crippen LogP contribution in [0.4, 0.5) is 11.8 Å². The number of aliphatic hydroxyl groups is 1. The maximum absolute atomic E-state index is 9.65. The Morgan fingerprint density at radius 2 is 2.08 bits per heavy atom. The van der Waals surface area contributed by atoms with Crippen molar-refractivity contribution < 1.29 is 9.84 Å². The lowest BCUT2D eigenvalue weighted by Crippen LogP contribution is -2.36. The molecule has 7 heteroatoms. The van der Waals surface area contributed by atoms with Crippen LogP contribution in [0.15, 0.2) is 30.5 Å². The molecule has 128 valence electrons. The molecule has 1 saturated carbocycles. The molecule has 4 N–H and O–H groups in total. The van der Waals surface area contributed by atoms with Gasteiger partial charge in [-0.3, -0.25) is 4.98 Å². The van der Waals surface area contributed by atoms with Crippen molar-refractivity contribution in [3.8, 4) is 5.88 Å². The fourth-order valence-electron chi connectivity index (χ4n) is 2.87. The van der Waals surface area contributed by atoms with Gasteiger partial charge >= 0.3 is 0 Å². The fraction of sp³-hybridized carbons (Fsp3) is 0.471. The summed E-state index contributed by atoms with van der Waals surface area (Å²) in [6, 6.07) is 7.50. The molecule has 0 spiro atoms. The van der Waals surface area contributed by atoms with E-state index in [-0.39, 0.29) is 24.2 Å². The van der Waals surface area contributed by atoms with Crippen LogP contribution in [0.5, 0.6) is 5.88 Å². The van der Waals surface area contributed by atoms with Gasteiger partial charge in [0.15, 0.2) is 0 Å². The van der Waals surface area contributed by atoms with Gasteiger partial charge in [0, 0.05) is 12.3 Å². The van der Waals surface area contributed by atoms with E-state index in [9.17, 15) is 5.11 Å². The van der Waals surface area contributed by atoms with Crippen LogP contribution < -0.4 is 15.8 Å². The summed E-state index contributed by atoms with van der Waals surface area (Å²) < 4.78 is 5.61. The molecule has 2 aromatic rings. The van der Waals surface area contributed by atoms with Gasteiger partial charge in [-0.25, -0.2) is 0 Å². The number of ether oxygens (including phenoxy) is 1. The van der Waals surface area contributed by atoms with Crippen molar-refractivity contribution in [2.45, 2.75) is 44.9 Å². The number of nitrogens with one attached hydrogen (secondary N) is 1. The van der Waals surface area contributed by atoms with Gasteiger partial charge in [0.2, 0.25) is 11.8 Å². The maximum atomic E-state index is 9.65. The van der Waals surface area contributed by atoms with Crippen molar-refractivity contribution in [3.63, 3.8) is 0 Å². The number of nitrogens with zero attached hydrogens (tertiary/aromatic N) is 3. The third kappa shape index (κ3) is 3.91. The van der Waals surface area contributed by atoms with Gasteiger partial charge in [0.05, 0.1) is 23.9 Å². The first-order valence-corrected chi connectivity index (χ1v) is 8.18. The molecule has 0 aromatic carbocycles. The number of hydrogen-bond acceptors (Lipinski definition) is 7. The molecule has 1 aliphatic carbocycles. The van der Waals surface area contributed by atoms with E-state index < -0.39 is 0 Å². The topological polar surface area (TPSA) is 106 Å². The van der Waals surface area contributed by atoms with E-state index in [2.05, 4.69) is 20.3 Å². The van der Waals surface area contributed by atoms with Crippen molar-refractivity contribution in [2.75, 3.05) is 11.1 Å². The first-order chi connectivity index (χ1) is 11.5. The number of nitrogen functional groups attached to an aromatic ring is 1. The molecule has 7 nitrogen and oxygen atoms in total. The number of hydrogen-bond donors (Lipinski definition) is 3. The molecule has 0 radical (unpaired) electrons. The smallest absolute Gasteiger partial charge is 0.225 e. The minimum atomic E-state index is -0.238. The Kier molecular flexibility index (Phi) is 4.80. The second-order valence-corrected chi connectivity index (χ2v) is 6.38. The van der Waals surface area contributed by atoms with Crippen LogP contribution in [0.1, 0.15) is 38.4 Å². The standard InChI is InChI=1S/C17H23N5O2/c1-10(2)24-15-9-14(21-17(18)22-15)20-16(11-7-12(23)8-11)13-5-3-4-6-19-13/h3-6,9-12,16,23H,7-8H2,1-2H3,(H3,18,20,21,22)/t11?,12?,16-/m0/s1. The zero-order valence-corrected chi connectivity index (χ0v) is 13.9. The van der Waals surface area contributed by atoms with Crippen LogP contribution in [0, 0.1) is 5.92 Å². The van der Waals surface area contributed by atoms with Crippen LogP contribution in [-0.2, 0) is 0 Å². The molecule has 0 aliphatic heterocycles. The Labute approximate surface area is 141 Å². The minimum absolute atomic E-state index is 0.000478. The Bertz CT molecular complexity index is 674. The molecule has 1 atom stereocenters. The zero-order chi connectivity index (χ0) is 17.1. The number of nitrogens with two attached hydrogens (primary N) is 1. The van der Waals surface area contributed by atoms with Gasteiger partial charge in [-0.05, 0) is 44.7 Å². The number of rotatable bonds is 6. The Hall–Kier alpha value is -2.41. The fourth-order valence-corrected chi connectivity index (χ4v) is 2.87.